The van der Waals surface area contributed by atoms with Crippen molar-refractivity contribution in [3.63, 3.8) is 0 Å². The Bertz CT molecular complexity index is 1030. The van der Waals surface area contributed by atoms with Gasteiger partial charge in [0.15, 0.2) is 5.82 Å². The lowest BCUT2D eigenvalue weighted by atomic mass is 9.99. The maximum Gasteiger partial charge on any atom is 0.159 e. The molecule has 0 N–H and O–H groups in total. The van der Waals surface area contributed by atoms with Crippen molar-refractivity contribution < 1.29 is 8.78 Å². The number of rotatable bonds is 1. The standard InChI is InChI=1S/C17H10ClF2IN4/c1-8-23-24-13-7-22-17(14-9(19)3-2-4-10(14)20)15-12(25(8)13)6-5-11(21)16(15)18/h2-6H,7H2,1H3. The van der Waals surface area contributed by atoms with Crippen molar-refractivity contribution in [1.29, 1.82) is 0 Å². The van der Waals surface area contributed by atoms with Crippen molar-refractivity contribution >= 4 is 39.9 Å². The number of nitrogens with zero attached hydrogens (tertiary/aromatic N) is 4. The van der Waals surface area contributed by atoms with Crippen LogP contribution in [0.5, 0.6) is 0 Å². The molecular formula is C17H10ClF2IN4. The minimum Gasteiger partial charge on any atom is -0.281 e. The molecule has 0 radical (unpaired) electrons. The van der Waals surface area contributed by atoms with E-state index in [1.807, 2.05) is 16.7 Å². The number of aryl methyl sites for hydroxylation is 1. The van der Waals surface area contributed by atoms with Crippen LogP contribution in [0.25, 0.3) is 5.69 Å². The van der Waals surface area contributed by atoms with E-state index in [0.29, 0.717) is 27.9 Å². The Morgan fingerprint density at radius 1 is 1.08 bits per heavy atom. The van der Waals surface area contributed by atoms with E-state index in [2.05, 4.69) is 37.8 Å². The fourth-order valence-electron chi connectivity index (χ4n) is 2.93. The van der Waals surface area contributed by atoms with E-state index in [9.17, 15) is 8.78 Å². The Hall–Kier alpha value is -1.87. The number of halogens is 4. The molecule has 8 heteroatoms. The summed E-state index contributed by atoms with van der Waals surface area (Å²) >= 11 is 8.61. The quantitative estimate of drug-likeness (QED) is 0.493. The second-order valence-electron chi connectivity index (χ2n) is 5.52. The largest absolute Gasteiger partial charge is 0.281 e. The third-order valence-electron chi connectivity index (χ3n) is 4.02. The van der Waals surface area contributed by atoms with E-state index in [1.165, 1.54) is 18.2 Å². The first-order chi connectivity index (χ1) is 12.0. The molecule has 0 amide bonds. The summed E-state index contributed by atoms with van der Waals surface area (Å²) < 4.78 is 31.4. The molecule has 1 aliphatic heterocycles. The molecule has 2 heterocycles. The van der Waals surface area contributed by atoms with Gasteiger partial charge in [-0.3, -0.25) is 9.56 Å². The van der Waals surface area contributed by atoms with Crippen molar-refractivity contribution in [1.82, 2.24) is 14.8 Å². The van der Waals surface area contributed by atoms with Crippen LogP contribution in [-0.2, 0) is 6.54 Å². The predicted octanol–water partition coefficient (Wildman–Crippen LogP) is 4.46. The van der Waals surface area contributed by atoms with Gasteiger partial charge in [-0.2, -0.15) is 0 Å². The minimum atomic E-state index is -0.686. The predicted molar refractivity (Wildman–Crippen MR) is 99.5 cm³/mol. The number of benzene rings is 2. The Balaban J connectivity index is 2.10. The lowest BCUT2D eigenvalue weighted by Gasteiger charge is -2.16. The summed E-state index contributed by atoms with van der Waals surface area (Å²) in [7, 11) is 0. The van der Waals surface area contributed by atoms with Gasteiger partial charge in [0, 0.05) is 9.13 Å². The maximum absolute atomic E-state index is 14.4. The molecule has 0 aliphatic carbocycles. The first-order valence-electron chi connectivity index (χ1n) is 7.37. The van der Waals surface area contributed by atoms with E-state index < -0.39 is 11.6 Å². The molecule has 3 aromatic rings. The van der Waals surface area contributed by atoms with Crippen molar-refractivity contribution in [3.8, 4) is 5.69 Å². The van der Waals surface area contributed by atoms with Crippen LogP contribution >= 0.6 is 34.2 Å². The fourth-order valence-corrected chi connectivity index (χ4v) is 3.63. The highest BCUT2D eigenvalue weighted by molar-refractivity contribution is 14.1. The van der Waals surface area contributed by atoms with Crippen LogP contribution in [0.3, 0.4) is 0 Å². The zero-order valence-electron chi connectivity index (χ0n) is 12.9. The van der Waals surface area contributed by atoms with E-state index in [-0.39, 0.29) is 17.8 Å². The zero-order chi connectivity index (χ0) is 17.7. The molecule has 0 bridgehead atoms. The number of aliphatic imine (C=N–C) groups is 1. The van der Waals surface area contributed by atoms with E-state index in [4.69, 9.17) is 11.6 Å². The molecule has 0 atom stereocenters. The highest BCUT2D eigenvalue weighted by atomic mass is 127. The van der Waals surface area contributed by atoms with Crippen molar-refractivity contribution in [2.45, 2.75) is 13.5 Å². The lowest BCUT2D eigenvalue weighted by molar-refractivity contribution is 0.579. The molecule has 0 spiro atoms. The average Bonchev–Trinajstić information content (AvgIpc) is 2.85. The van der Waals surface area contributed by atoms with Gasteiger partial charge in [-0.25, -0.2) is 8.78 Å². The van der Waals surface area contributed by atoms with Crippen molar-refractivity contribution in [2.24, 2.45) is 4.99 Å². The van der Waals surface area contributed by atoms with Gasteiger partial charge < -0.3 is 0 Å². The van der Waals surface area contributed by atoms with Gasteiger partial charge in [-0.15, -0.1) is 10.2 Å². The first kappa shape index (κ1) is 16.6. The topological polar surface area (TPSA) is 43.1 Å². The third-order valence-corrected chi connectivity index (χ3v) is 5.63. The molecule has 25 heavy (non-hydrogen) atoms. The molecule has 4 rings (SSSR count). The number of hydrogen-bond acceptors (Lipinski definition) is 3. The molecule has 1 aliphatic rings. The van der Waals surface area contributed by atoms with Crippen LogP contribution in [0.2, 0.25) is 5.02 Å². The Morgan fingerprint density at radius 3 is 2.52 bits per heavy atom. The van der Waals surface area contributed by atoms with Gasteiger partial charge in [0.25, 0.3) is 0 Å². The second kappa shape index (κ2) is 6.14. The van der Waals surface area contributed by atoms with Gasteiger partial charge in [-0.05, 0) is 53.8 Å². The molecule has 2 aromatic carbocycles. The van der Waals surface area contributed by atoms with Gasteiger partial charge in [0.05, 0.1) is 22.0 Å². The van der Waals surface area contributed by atoms with Crippen molar-refractivity contribution in [3.05, 3.63) is 73.3 Å². The Kier molecular flexibility index (Phi) is 4.07. The van der Waals surface area contributed by atoms with Crippen LogP contribution < -0.4 is 0 Å². The third kappa shape index (κ3) is 2.56. The monoisotopic (exact) mass is 470 g/mol. The summed E-state index contributed by atoms with van der Waals surface area (Å²) in [5.41, 5.74) is 1.11. The summed E-state index contributed by atoms with van der Waals surface area (Å²) in [6, 6.07) is 7.41. The number of aromatic nitrogens is 3. The number of hydrogen-bond donors (Lipinski definition) is 0. The Labute approximate surface area is 160 Å². The van der Waals surface area contributed by atoms with Gasteiger partial charge in [-0.1, -0.05) is 17.7 Å². The zero-order valence-corrected chi connectivity index (χ0v) is 15.8. The second-order valence-corrected chi connectivity index (χ2v) is 7.06. The summed E-state index contributed by atoms with van der Waals surface area (Å²) in [6.07, 6.45) is 0. The minimum absolute atomic E-state index is 0.144. The van der Waals surface area contributed by atoms with E-state index >= 15 is 0 Å². The molecule has 4 nitrogen and oxygen atoms in total. The Morgan fingerprint density at radius 2 is 1.80 bits per heavy atom. The van der Waals surface area contributed by atoms with Gasteiger partial charge >= 0.3 is 0 Å². The molecule has 0 saturated heterocycles. The summed E-state index contributed by atoms with van der Waals surface area (Å²) in [6.45, 7) is 1.95. The highest BCUT2D eigenvalue weighted by Gasteiger charge is 2.28. The molecule has 0 unspecified atom stereocenters. The fraction of sp³-hybridized carbons (Fsp3) is 0.118. The first-order valence-corrected chi connectivity index (χ1v) is 8.83. The van der Waals surface area contributed by atoms with Crippen LogP contribution in [-0.4, -0.2) is 20.5 Å². The number of fused-ring (bicyclic) bond motifs is 3. The average molecular weight is 471 g/mol. The van der Waals surface area contributed by atoms with Gasteiger partial charge in [0.2, 0.25) is 0 Å². The maximum atomic E-state index is 14.4. The summed E-state index contributed by atoms with van der Waals surface area (Å²) in [4.78, 5) is 4.44. The van der Waals surface area contributed by atoms with Crippen LogP contribution in [0.4, 0.5) is 8.78 Å². The van der Waals surface area contributed by atoms with E-state index in [0.717, 1.165) is 3.57 Å². The van der Waals surface area contributed by atoms with Crippen LogP contribution in [0.15, 0.2) is 35.3 Å². The van der Waals surface area contributed by atoms with Crippen LogP contribution in [0.1, 0.15) is 22.8 Å². The van der Waals surface area contributed by atoms with Gasteiger partial charge in [0.1, 0.15) is 24.0 Å². The molecule has 0 saturated carbocycles. The molecule has 1 aromatic heterocycles. The SMILES string of the molecule is Cc1nnc2n1-c1ccc(I)c(Cl)c1C(c1c(F)cccc1F)=NC2. The molecule has 126 valence electrons. The summed E-state index contributed by atoms with van der Waals surface area (Å²) in [5, 5.41) is 8.58. The molecular weight excluding hydrogens is 461 g/mol. The van der Waals surface area contributed by atoms with Crippen LogP contribution in [0, 0.1) is 22.1 Å². The summed E-state index contributed by atoms with van der Waals surface area (Å²) in [5.74, 6) is -0.134. The van der Waals surface area contributed by atoms with Crippen molar-refractivity contribution in [2.75, 3.05) is 0 Å². The molecule has 0 fully saturated rings. The van der Waals surface area contributed by atoms with E-state index in [1.54, 1.807) is 6.92 Å². The smallest absolute Gasteiger partial charge is 0.159 e. The lowest BCUT2D eigenvalue weighted by Crippen LogP contribution is -2.13. The normalized spacial score (nSPS) is 13.1. The highest BCUT2D eigenvalue weighted by Crippen LogP contribution is 2.34.